The van der Waals surface area contributed by atoms with Crippen molar-refractivity contribution in [1.29, 1.82) is 0 Å². The molecule has 0 aromatic carbocycles. The van der Waals surface area contributed by atoms with Gasteiger partial charge in [-0.3, -0.25) is 0 Å². The number of anilines is 1. The van der Waals surface area contributed by atoms with Gasteiger partial charge in [-0.25, -0.2) is 9.97 Å². The van der Waals surface area contributed by atoms with Crippen LogP contribution in [-0.2, 0) is 17.6 Å². The van der Waals surface area contributed by atoms with Crippen molar-refractivity contribution in [2.45, 2.75) is 25.9 Å². The van der Waals surface area contributed by atoms with Crippen molar-refractivity contribution < 1.29 is 17.9 Å². The van der Waals surface area contributed by atoms with E-state index in [1.807, 2.05) is 6.07 Å². The summed E-state index contributed by atoms with van der Waals surface area (Å²) in [5.74, 6) is 1.18. The van der Waals surface area contributed by atoms with Crippen molar-refractivity contribution in [3.63, 3.8) is 0 Å². The maximum Gasteiger partial charge on any atom is 0.411 e. The summed E-state index contributed by atoms with van der Waals surface area (Å²) < 4.78 is 40.5. The molecule has 8 heteroatoms. The van der Waals surface area contributed by atoms with Gasteiger partial charge in [0, 0.05) is 18.3 Å². The van der Waals surface area contributed by atoms with Crippen molar-refractivity contribution in [2.75, 3.05) is 25.6 Å². The third-order valence-corrected chi connectivity index (χ3v) is 3.98. The van der Waals surface area contributed by atoms with Crippen molar-refractivity contribution in [3.8, 4) is 0 Å². The molecular formula is C13H16F3N3OS. The number of nitrogens with one attached hydrogen (secondary N) is 1. The van der Waals surface area contributed by atoms with E-state index in [-0.39, 0.29) is 13.0 Å². The minimum Gasteiger partial charge on any atom is -0.372 e. The summed E-state index contributed by atoms with van der Waals surface area (Å²) >= 11 is 1.57. The van der Waals surface area contributed by atoms with Crippen molar-refractivity contribution >= 4 is 27.4 Å². The molecule has 0 bridgehead atoms. The number of rotatable bonds is 6. The van der Waals surface area contributed by atoms with E-state index in [2.05, 4.69) is 26.9 Å². The van der Waals surface area contributed by atoms with Gasteiger partial charge >= 0.3 is 6.18 Å². The first-order valence-electron chi connectivity index (χ1n) is 6.54. The smallest absolute Gasteiger partial charge is 0.372 e. The van der Waals surface area contributed by atoms with Crippen molar-refractivity contribution in [3.05, 3.63) is 16.8 Å². The monoisotopic (exact) mass is 319 g/mol. The Morgan fingerprint density at radius 3 is 2.71 bits per heavy atom. The van der Waals surface area contributed by atoms with Crippen LogP contribution in [0.25, 0.3) is 10.2 Å². The third-order valence-electron chi connectivity index (χ3n) is 2.81. The maximum atomic E-state index is 12.0. The van der Waals surface area contributed by atoms with Crippen LogP contribution in [0.1, 0.15) is 17.6 Å². The molecule has 0 atom stereocenters. The van der Waals surface area contributed by atoms with E-state index in [0.29, 0.717) is 11.6 Å². The number of aryl methyl sites for hydroxylation is 1. The number of ether oxygens (including phenoxy) is 1. The molecule has 2 aromatic rings. The Bertz CT molecular complexity index is 612. The molecule has 1 N–H and O–H groups in total. The number of hydrogen-bond donors (Lipinski definition) is 1. The fourth-order valence-corrected chi connectivity index (χ4v) is 2.83. The van der Waals surface area contributed by atoms with Gasteiger partial charge in [0.25, 0.3) is 0 Å². The number of thiophene rings is 1. The highest BCUT2D eigenvalue weighted by atomic mass is 32.1. The summed E-state index contributed by atoms with van der Waals surface area (Å²) in [6.07, 6.45) is -3.14. The third kappa shape index (κ3) is 4.28. The van der Waals surface area contributed by atoms with Crippen LogP contribution in [0.5, 0.6) is 0 Å². The van der Waals surface area contributed by atoms with Gasteiger partial charge in [-0.1, -0.05) is 6.92 Å². The molecule has 0 radical (unpaired) electrons. The Balaban J connectivity index is 2.09. The summed E-state index contributed by atoms with van der Waals surface area (Å²) in [5, 5.41) is 3.94. The molecule has 2 heterocycles. The van der Waals surface area contributed by atoms with Gasteiger partial charge in [-0.15, -0.1) is 11.3 Å². The normalized spacial score (nSPS) is 12.0. The molecule has 0 amide bonds. The number of aromatic nitrogens is 2. The van der Waals surface area contributed by atoms with E-state index in [1.165, 1.54) is 4.88 Å². The molecule has 0 saturated heterocycles. The lowest BCUT2D eigenvalue weighted by atomic mass is 10.3. The molecule has 0 fully saturated rings. The van der Waals surface area contributed by atoms with Crippen LogP contribution >= 0.6 is 11.3 Å². The summed E-state index contributed by atoms with van der Waals surface area (Å²) in [4.78, 5) is 10.8. The first kappa shape index (κ1) is 16.0. The van der Waals surface area contributed by atoms with Crippen LogP contribution in [0, 0.1) is 0 Å². The van der Waals surface area contributed by atoms with Gasteiger partial charge in [0.05, 0.1) is 12.0 Å². The SMILES string of the molecule is CCc1cc2c(NC)nc(CCOCC(F)(F)F)nc2s1. The van der Waals surface area contributed by atoms with E-state index >= 15 is 0 Å². The van der Waals surface area contributed by atoms with Crippen LogP contribution in [0.15, 0.2) is 6.07 Å². The van der Waals surface area contributed by atoms with Crippen LogP contribution in [0.2, 0.25) is 0 Å². The van der Waals surface area contributed by atoms with Gasteiger partial charge in [0.1, 0.15) is 23.1 Å². The maximum absolute atomic E-state index is 12.0. The highest BCUT2D eigenvalue weighted by Crippen LogP contribution is 2.29. The topological polar surface area (TPSA) is 47.0 Å². The number of hydrogen-bond acceptors (Lipinski definition) is 5. The van der Waals surface area contributed by atoms with Crippen LogP contribution < -0.4 is 5.32 Å². The summed E-state index contributed by atoms with van der Waals surface area (Å²) in [5.41, 5.74) is 0. The van der Waals surface area contributed by atoms with E-state index < -0.39 is 12.8 Å². The lowest BCUT2D eigenvalue weighted by Crippen LogP contribution is -2.18. The second kappa shape index (κ2) is 6.57. The summed E-state index contributed by atoms with van der Waals surface area (Å²) in [7, 11) is 1.76. The average Bonchev–Trinajstić information content (AvgIpc) is 2.84. The molecule has 21 heavy (non-hydrogen) atoms. The average molecular weight is 319 g/mol. The lowest BCUT2D eigenvalue weighted by molar-refractivity contribution is -0.173. The van der Waals surface area contributed by atoms with Crippen LogP contribution in [-0.4, -0.2) is 36.4 Å². The Labute approximate surface area is 124 Å². The van der Waals surface area contributed by atoms with E-state index in [9.17, 15) is 13.2 Å². The van der Waals surface area contributed by atoms with Crippen LogP contribution in [0.3, 0.4) is 0 Å². The number of nitrogens with zero attached hydrogens (tertiary/aromatic N) is 2. The standard InChI is InChI=1S/C13H16F3N3OS/c1-3-8-6-9-11(17-2)18-10(19-12(9)21-8)4-5-20-7-13(14,15)16/h6H,3-5,7H2,1-2H3,(H,17,18,19). The summed E-state index contributed by atoms with van der Waals surface area (Å²) in [6.45, 7) is 0.760. The molecule has 4 nitrogen and oxygen atoms in total. The van der Waals surface area contributed by atoms with Crippen molar-refractivity contribution in [1.82, 2.24) is 9.97 Å². The fraction of sp³-hybridized carbons (Fsp3) is 0.538. The lowest BCUT2D eigenvalue weighted by Gasteiger charge is -2.08. The molecule has 0 saturated carbocycles. The number of halogens is 3. The van der Waals surface area contributed by atoms with E-state index in [4.69, 9.17) is 0 Å². The molecule has 0 unspecified atom stereocenters. The Hall–Kier alpha value is -1.41. The Kier molecular flexibility index (Phi) is 5.00. The zero-order valence-corrected chi connectivity index (χ0v) is 12.6. The zero-order valence-electron chi connectivity index (χ0n) is 11.8. The zero-order chi connectivity index (χ0) is 15.5. The molecule has 116 valence electrons. The summed E-state index contributed by atoms with van der Waals surface area (Å²) in [6, 6.07) is 2.04. The minimum absolute atomic E-state index is 0.0554. The largest absolute Gasteiger partial charge is 0.411 e. The van der Waals surface area contributed by atoms with Crippen LogP contribution in [0.4, 0.5) is 19.0 Å². The van der Waals surface area contributed by atoms with Gasteiger partial charge in [-0.05, 0) is 12.5 Å². The van der Waals surface area contributed by atoms with Gasteiger partial charge in [-0.2, -0.15) is 13.2 Å². The van der Waals surface area contributed by atoms with E-state index in [1.54, 1.807) is 18.4 Å². The molecule has 0 aliphatic rings. The quantitative estimate of drug-likeness (QED) is 0.829. The van der Waals surface area contributed by atoms with Gasteiger partial charge < -0.3 is 10.1 Å². The Morgan fingerprint density at radius 1 is 1.33 bits per heavy atom. The molecule has 2 aromatic heterocycles. The molecule has 0 spiro atoms. The molecule has 0 aliphatic carbocycles. The second-order valence-corrected chi connectivity index (χ2v) is 5.56. The molecular weight excluding hydrogens is 303 g/mol. The van der Waals surface area contributed by atoms with Crippen molar-refractivity contribution in [2.24, 2.45) is 0 Å². The van der Waals surface area contributed by atoms with Gasteiger partial charge in [0.15, 0.2) is 0 Å². The molecule has 2 rings (SSSR count). The predicted molar refractivity (Wildman–Crippen MR) is 76.9 cm³/mol. The Morgan fingerprint density at radius 2 is 2.10 bits per heavy atom. The second-order valence-electron chi connectivity index (χ2n) is 4.44. The predicted octanol–water partition coefficient (Wildman–Crippen LogP) is 3.42. The minimum atomic E-state index is -4.30. The first-order valence-corrected chi connectivity index (χ1v) is 7.36. The number of fused-ring (bicyclic) bond motifs is 1. The molecule has 0 aliphatic heterocycles. The number of alkyl halides is 3. The highest BCUT2D eigenvalue weighted by Gasteiger charge is 2.27. The first-order chi connectivity index (χ1) is 9.93. The van der Waals surface area contributed by atoms with E-state index in [0.717, 1.165) is 16.6 Å². The highest BCUT2D eigenvalue weighted by molar-refractivity contribution is 7.18. The van der Waals surface area contributed by atoms with Gasteiger partial charge in [0.2, 0.25) is 0 Å². The fourth-order valence-electron chi connectivity index (χ4n) is 1.84.